The summed E-state index contributed by atoms with van der Waals surface area (Å²) in [6.07, 6.45) is 1.67. The van der Waals surface area contributed by atoms with Gasteiger partial charge in [0.2, 0.25) is 0 Å². The maximum Gasteiger partial charge on any atom is 0.387 e. The molecule has 26 heavy (non-hydrogen) atoms. The molecule has 1 aliphatic rings. The first-order valence-corrected chi connectivity index (χ1v) is 7.95. The lowest BCUT2D eigenvalue weighted by atomic mass is 10.2. The number of carbonyl (C=O) groups excluding carboxylic acids is 1. The number of thiocarbonyl (C=S) groups is 1. The van der Waals surface area contributed by atoms with Crippen LogP contribution in [0.5, 0.6) is 11.5 Å². The number of alkyl halides is 2. The van der Waals surface area contributed by atoms with Crippen LogP contribution in [0.25, 0.3) is 6.08 Å². The molecule has 0 radical (unpaired) electrons. The Morgan fingerprint density at radius 2 is 1.69 bits per heavy atom. The maximum atomic E-state index is 12.6. The quantitative estimate of drug-likeness (QED) is 0.639. The summed E-state index contributed by atoms with van der Waals surface area (Å²) in [6, 6.07) is 12.9. The topological polar surface area (TPSA) is 50.8 Å². The van der Waals surface area contributed by atoms with Gasteiger partial charge >= 0.3 is 6.61 Å². The van der Waals surface area contributed by atoms with Crippen molar-refractivity contribution in [3.63, 3.8) is 0 Å². The molecule has 0 spiro atoms. The fourth-order valence-electron chi connectivity index (χ4n) is 2.41. The lowest BCUT2D eigenvalue weighted by Gasteiger charge is -2.14. The van der Waals surface area contributed by atoms with E-state index >= 15 is 0 Å². The highest BCUT2D eigenvalue weighted by Gasteiger charge is 2.31. The van der Waals surface area contributed by atoms with Crippen LogP contribution in [0.4, 0.5) is 14.5 Å². The van der Waals surface area contributed by atoms with Gasteiger partial charge in [-0.25, -0.2) is 0 Å². The molecule has 0 aromatic heterocycles. The molecule has 0 unspecified atom stereocenters. The Labute approximate surface area is 153 Å². The first kappa shape index (κ1) is 17.8. The molecule has 1 saturated heterocycles. The van der Waals surface area contributed by atoms with E-state index in [0.29, 0.717) is 17.1 Å². The van der Waals surface area contributed by atoms with Crippen molar-refractivity contribution in [3.8, 4) is 11.5 Å². The van der Waals surface area contributed by atoms with Crippen molar-refractivity contribution in [1.82, 2.24) is 5.32 Å². The lowest BCUT2D eigenvalue weighted by molar-refractivity contribution is -0.113. The predicted octanol–water partition coefficient (Wildman–Crippen LogP) is 3.56. The predicted molar refractivity (Wildman–Crippen MR) is 97.3 cm³/mol. The Kier molecular flexibility index (Phi) is 5.13. The second kappa shape index (κ2) is 7.49. The van der Waals surface area contributed by atoms with E-state index in [1.165, 1.54) is 29.2 Å². The van der Waals surface area contributed by atoms with E-state index in [9.17, 15) is 13.6 Å². The van der Waals surface area contributed by atoms with E-state index in [4.69, 9.17) is 17.0 Å². The van der Waals surface area contributed by atoms with Gasteiger partial charge in [0.1, 0.15) is 17.2 Å². The minimum atomic E-state index is -2.91. The third kappa shape index (κ3) is 3.80. The summed E-state index contributed by atoms with van der Waals surface area (Å²) in [5.74, 6) is 0.373. The fourth-order valence-corrected chi connectivity index (χ4v) is 2.71. The Morgan fingerprint density at radius 1 is 1.08 bits per heavy atom. The number of nitrogens with one attached hydrogen (secondary N) is 1. The zero-order valence-electron chi connectivity index (χ0n) is 13.6. The van der Waals surface area contributed by atoms with E-state index in [1.54, 1.807) is 25.3 Å². The van der Waals surface area contributed by atoms with Crippen LogP contribution in [0, 0.1) is 0 Å². The number of nitrogens with zero attached hydrogens (tertiary/aromatic N) is 1. The molecule has 3 rings (SSSR count). The van der Waals surface area contributed by atoms with Gasteiger partial charge in [0.05, 0.1) is 12.8 Å². The number of hydrogen-bond donors (Lipinski definition) is 1. The zero-order chi connectivity index (χ0) is 18.7. The van der Waals surface area contributed by atoms with Gasteiger partial charge in [-0.3, -0.25) is 9.69 Å². The molecule has 2 aromatic carbocycles. The molecule has 0 aliphatic carbocycles. The number of ether oxygens (including phenoxy) is 2. The summed E-state index contributed by atoms with van der Waals surface area (Å²) in [5.41, 5.74) is 1.56. The molecule has 0 bridgehead atoms. The number of amides is 1. The monoisotopic (exact) mass is 376 g/mol. The van der Waals surface area contributed by atoms with E-state index in [1.807, 2.05) is 12.1 Å². The van der Waals surface area contributed by atoms with Crippen molar-refractivity contribution in [3.05, 3.63) is 59.8 Å². The number of methoxy groups -OCH3 is 1. The van der Waals surface area contributed by atoms with Gasteiger partial charge in [0.15, 0.2) is 5.11 Å². The van der Waals surface area contributed by atoms with Crippen LogP contribution in [-0.4, -0.2) is 24.7 Å². The van der Waals surface area contributed by atoms with Gasteiger partial charge in [-0.1, -0.05) is 12.1 Å². The maximum absolute atomic E-state index is 12.6. The van der Waals surface area contributed by atoms with Crippen LogP contribution in [-0.2, 0) is 4.79 Å². The zero-order valence-corrected chi connectivity index (χ0v) is 14.4. The minimum Gasteiger partial charge on any atom is -0.497 e. The van der Waals surface area contributed by atoms with Gasteiger partial charge in [-0.05, 0) is 60.3 Å². The normalized spacial score (nSPS) is 15.5. The Bertz CT molecular complexity index is 852. The molecule has 134 valence electrons. The summed E-state index contributed by atoms with van der Waals surface area (Å²) in [5, 5.41) is 3.07. The van der Waals surface area contributed by atoms with Crippen molar-refractivity contribution in [2.75, 3.05) is 12.0 Å². The molecule has 1 heterocycles. The number of benzene rings is 2. The first-order chi connectivity index (χ1) is 12.5. The van der Waals surface area contributed by atoms with E-state index in [-0.39, 0.29) is 16.8 Å². The lowest BCUT2D eigenvalue weighted by Crippen LogP contribution is -2.30. The number of hydrogen-bond acceptors (Lipinski definition) is 4. The Balaban J connectivity index is 1.80. The first-order valence-electron chi connectivity index (χ1n) is 7.54. The molecule has 1 aliphatic heterocycles. The van der Waals surface area contributed by atoms with Gasteiger partial charge in [-0.15, -0.1) is 0 Å². The number of carbonyl (C=O) groups is 1. The highest BCUT2D eigenvalue weighted by Crippen LogP contribution is 2.25. The van der Waals surface area contributed by atoms with Crippen LogP contribution in [0.3, 0.4) is 0 Å². The van der Waals surface area contributed by atoms with E-state index in [0.717, 1.165) is 5.56 Å². The van der Waals surface area contributed by atoms with Crippen molar-refractivity contribution in [1.29, 1.82) is 0 Å². The fraction of sp³-hybridized carbons (Fsp3) is 0.111. The molecule has 0 saturated carbocycles. The van der Waals surface area contributed by atoms with E-state index < -0.39 is 6.61 Å². The van der Waals surface area contributed by atoms with Crippen LogP contribution < -0.4 is 19.7 Å². The number of rotatable bonds is 5. The third-order valence-corrected chi connectivity index (χ3v) is 3.91. The van der Waals surface area contributed by atoms with Gasteiger partial charge in [0, 0.05) is 0 Å². The summed E-state index contributed by atoms with van der Waals surface area (Å²) in [4.78, 5) is 13.9. The SMILES string of the molecule is COc1ccc(C=C2NC(=S)N(c3ccc(OC(F)F)cc3)C2=O)cc1. The molecule has 1 amide bonds. The van der Waals surface area contributed by atoms with Gasteiger partial charge < -0.3 is 14.8 Å². The molecule has 1 fully saturated rings. The van der Waals surface area contributed by atoms with Crippen LogP contribution >= 0.6 is 12.2 Å². The Hall–Kier alpha value is -3.00. The summed E-state index contributed by atoms with van der Waals surface area (Å²) >= 11 is 5.22. The third-order valence-electron chi connectivity index (χ3n) is 3.63. The minimum absolute atomic E-state index is 0.00303. The molecule has 2 aromatic rings. The molecule has 5 nitrogen and oxygen atoms in total. The highest BCUT2D eigenvalue weighted by atomic mass is 32.1. The van der Waals surface area contributed by atoms with Crippen molar-refractivity contribution in [2.24, 2.45) is 0 Å². The van der Waals surface area contributed by atoms with Crippen molar-refractivity contribution >= 4 is 35.0 Å². The molecular weight excluding hydrogens is 362 g/mol. The van der Waals surface area contributed by atoms with Gasteiger partial charge in [0.25, 0.3) is 5.91 Å². The van der Waals surface area contributed by atoms with Crippen molar-refractivity contribution in [2.45, 2.75) is 6.61 Å². The smallest absolute Gasteiger partial charge is 0.387 e. The molecule has 1 N–H and O–H groups in total. The van der Waals surface area contributed by atoms with Crippen LogP contribution in [0.15, 0.2) is 54.2 Å². The van der Waals surface area contributed by atoms with Crippen LogP contribution in [0.2, 0.25) is 0 Å². The molecular formula is C18H14F2N2O3S. The molecule has 0 atom stereocenters. The second-order valence-corrected chi connectivity index (χ2v) is 5.66. The van der Waals surface area contributed by atoms with E-state index in [2.05, 4.69) is 10.1 Å². The summed E-state index contributed by atoms with van der Waals surface area (Å²) < 4.78 is 33.8. The Morgan fingerprint density at radius 3 is 2.27 bits per heavy atom. The largest absolute Gasteiger partial charge is 0.497 e. The standard InChI is InChI=1S/C18H14F2N2O3S/c1-24-13-6-2-11(3-7-13)10-15-16(23)22(18(26)21-15)12-4-8-14(9-5-12)25-17(19)20/h2-10,17H,1H3,(H,21,26). The summed E-state index contributed by atoms with van der Waals surface area (Å²) in [6.45, 7) is -2.91. The highest BCUT2D eigenvalue weighted by molar-refractivity contribution is 7.80. The summed E-state index contributed by atoms with van der Waals surface area (Å²) in [7, 11) is 1.57. The van der Waals surface area contributed by atoms with Crippen LogP contribution in [0.1, 0.15) is 5.56 Å². The number of halogens is 2. The van der Waals surface area contributed by atoms with Crippen molar-refractivity contribution < 1.29 is 23.0 Å². The average Bonchev–Trinajstić information content (AvgIpc) is 2.89. The average molecular weight is 376 g/mol. The molecule has 8 heteroatoms. The van der Waals surface area contributed by atoms with Gasteiger partial charge in [-0.2, -0.15) is 8.78 Å². The number of anilines is 1. The second-order valence-electron chi connectivity index (χ2n) is 5.27.